The largest absolute Gasteiger partial charge is 0.381 e. The topological polar surface area (TPSA) is 38.7 Å². The molecule has 4 heteroatoms. The Labute approximate surface area is 75.6 Å². The van der Waals surface area contributed by atoms with Crippen molar-refractivity contribution in [3.05, 3.63) is 0 Å². The van der Waals surface area contributed by atoms with Gasteiger partial charge in [-0.3, -0.25) is 4.79 Å². The van der Waals surface area contributed by atoms with Crippen molar-refractivity contribution >= 4 is 22.7 Å². The molecule has 1 saturated heterocycles. The van der Waals surface area contributed by atoms with Crippen LogP contribution in [0.5, 0.6) is 0 Å². The minimum Gasteiger partial charge on any atom is -0.381 e. The van der Waals surface area contributed by atoms with E-state index in [0.29, 0.717) is 11.7 Å². The molecule has 12 heavy (non-hydrogen) atoms. The summed E-state index contributed by atoms with van der Waals surface area (Å²) in [5.74, 6) is 0.946. The zero-order valence-electron chi connectivity index (χ0n) is 6.78. The number of carbonyl (C=O) groups is 1. The van der Waals surface area contributed by atoms with Gasteiger partial charge in [-0.05, 0) is 12.8 Å². The molecule has 0 spiro atoms. The summed E-state index contributed by atoms with van der Waals surface area (Å²) in [5, 5.41) is 1.000. The standard InChI is InChI=1S/C8H11NO2S/c10-7-5-12-8(9-7)6-2-1-3-11-4-6/h6H,1-5H2. The van der Waals surface area contributed by atoms with E-state index in [1.54, 1.807) is 11.8 Å². The summed E-state index contributed by atoms with van der Waals surface area (Å²) in [5.41, 5.74) is 0. The lowest BCUT2D eigenvalue weighted by Gasteiger charge is -2.20. The van der Waals surface area contributed by atoms with Crippen molar-refractivity contribution in [2.75, 3.05) is 19.0 Å². The molecule has 0 radical (unpaired) electrons. The van der Waals surface area contributed by atoms with Gasteiger partial charge >= 0.3 is 0 Å². The third kappa shape index (κ3) is 1.69. The van der Waals surface area contributed by atoms with Crippen molar-refractivity contribution in [1.29, 1.82) is 0 Å². The Hall–Kier alpha value is -0.350. The van der Waals surface area contributed by atoms with Crippen LogP contribution in [0.3, 0.4) is 0 Å². The first-order chi connectivity index (χ1) is 5.86. The number of amides is 1. The molecule has 2 aliphatic heterocycles. The molecule has 1 unspecified atom stereocenters. The Morgan fingerprint density at radius 3 is 3.08 bits per heavy atom. The maximum Gasteiger partial charge on any atom is 0.256 e. The first-order valence-electron chi connectivity index (χ1n) is 4.18. The van der Waals surface area contributed by atoms with Gasteiger partial charge in [0.2, 0.25) is 0 Å². The van der Waals surface area contributed by atoms with Crippen molar-refractivity contribution in [2.24, 2.45) is 10.9 Å². The van der Waals surface area contributed by atoms with Crippen molar-refractivity contribution in [1.82, 2.24) is 0 Å². The van der Waals surface area contributed by atoms with Gasteiger partial charge in [0.1, 0.15) is 0 Å². The highest BCUT2D eigenvalue weighted by Crippen LogP contribution is 2.25. The molecule has 1 fully saturated rings. The number of hydrogen-bond donors (Lipinski definition) is 0. The van der Waals surface area contributed by atoms with Gasteiger partial charge in [0.05, 0.1) is 17.4 Å². The van der Waals surface area contributed by atoms with E-state index in [2.05, 4.69) is 4.99 Å². The number of nitrogens with zero attached hydrogens (tertiary/aromatic N) is 1. The summed E-state index contributed by atoms with van der Waals surface area (Å²) in [7, 11) is 0. The van der Waals surface area contributed by atoms with Gasteiger partial charge in [-0.1, -0.05) is 0 Å². The molecule has 3 nitrogen and oxygen atoms in total. The predicted octanol–water partition coefficient (Wildman–Crippen LogP) is 1.08. The predicted molar refractivity (Wildman–Crippen MR) is 48.4 cm³/mol. The van der Waals surface area contributed by atoms with Crippen LogP contribution in [0.15, 0.2) is 4.99 Å². The van der Waals surface area contributed by atoms with Crippen LogP contribution >= 0.6 is 11.8 Å². The van der Waals surface area contributed by atoms with E-state index >= 15 is 0 Å². The van der Waals surface area contributed by atoms with Crippen LogP contribution < -0.4 is 0 Å². The second-order valence-electron chi connectivity index (χ2n) is 3.05. The van der Waals surface area contributed by atoms with Gasteiger partial charge < -0.3 is 4.74 Å². The molecule has 2 aliphatic rings. The number of carbonyl (C=O) groups excluding carboxylic acids is 1. The van der Waals surface area contributed by atoms with Crippen LogP contribution in [0.25, 0.3) is 0 Å². The highest BCUT2D eigenvalue weighted by Gasteiger charge is 2.25. The first-order valence-corrected chi connectivity index (χ1v) is 5.17. The van der Waals surface area contributed by atoms with E-state index in [0.717, 1.165) is 31.1 Å². The first kappa shape index (κ1) is 8.26. The van der Waals surface area contributed by atoms with Gasteiger partial charge in [-0.25, -0.2) is 4.99 Å². The van der Waals surface area contributed by atoms with E-state index in [4.69, 9.17) is 4.74 Å². The summed E-state index contributed by atoms with van der Waals surface area (Å²) >= 11 is 1.58. The van der Waals surface area contributed by atoms with Gasteiger partial charge in [0, 0.05) is 12.5 Å². The molecule has 0 N–H and O–H groups in total. The van der Waals surface area contributed by atoms with Crippen molar-refractivity contribution in [3.8, 4) is 0 Å². The molecule has 0 aliphatic carbocycles. The van der Waals surface area contributed by atoms with E-state index < -0.39 is 0 Å². The average molecular weight is 185 g/mol. The summed E-state index contributed by atoms with van der Waals surface area (Å²) in [6, 6.07) is 0. The van der Waals surface area contributed by atoms with Crippen LogP contribution in [-0.2, 0) is 9.53 Å². The highest BCUT2D eigenvalue weighted by molar-refractivity contribution is 8.15. The third-order valence-electron chi connectivity index (χ3n) is 2.09. The second kappa shape index (κ2) is 3.58. The van der Waals surface area contributed by atoms with Gasteiger partial charge in [-0.2, -0.15) is 0 Å². The molecule has 2 rings (SSSR count). The number of ether oxygens (including phenoxy) is 1. The maximum atomic E-state index is 10.8. The molecule has 1 atom stereocenters. The van der Waals surface area contributed by atoms with Crippen LogP contribution in [0.4, 0.5) is 0 Å². The van der Waals surface area contributed by atoms with Crippen molar-refractivity contribution in [3.63, 3.8) is 0 Å². The molecule has 0 saturated carbocycles. The Kier molecular flexibility index (Phi) is 2.46. The molecule has 0 aromatic rings. The van der Waals surface area contributed by atoms with E-state index in [-0.39, 0.29) is 5.91 Å². The quantitative estimate of drug-likeness (QED) is 0.613. The lowest BCUT2D eigenvalue weighted by Crippen LogP contribution is -2.22. The van der Waals surface area contributed by atoms with Gasteiger partial charge in [-0.15, -0.1) is 11.8 Å². The third-order valence-corrected chi connectivity index (χ3v) is 3.20. The second-order valence-corrected chi connectivity index (χ2v) is 4.04. The summed E-state index contributed by atoms with van der Waals surface area (Å²) in [6.45, 7) is 1.61. The monoisotopic (exact) mass is 185 g/mol. The normalized spacial score (nSPS) is 30.5. The molecule has 0 aromatic heterocycles. The van der Waals surface area contributed by atoms with Gasteiger partial charge in [0.15, 0.2) is 0 Å². The highest BCUT2D eigenvalue weighted by atomic mass is 32.2. The van der Waals surface area contributed by atoms with Gasteiger partial charge in [0.25, 0.3) is 5.91 Å². The van der Waals surface area contributed by atoms with E-state index in [9.17, 15) is 4.79 Å². The Bertz CT molecular complexity index is 221. The molecule has 0 bridgehead atoms. The van der Waals surface area contributed by atoms with E-state index in [1.807, 2.05) is 0 Å². The average Bonchev–Trinajstić information content (AvgIpc) is 2.54. The Morgan fingerprint density at radius 1 is 1.58 bits per heavy atom. The summed E-state index contributed by atoms with van der Waals surface area (Å²) < 4.78 is 5.32. The summed E-state index contributed by atoms with van der Waals surface area (Å²) in [6.07, 6.45) is 2.22. The summed E-state index contributed by atoms with van der Waals surface area (Å²) in [4.78, 5) is 14.8. The zero-order valence-corrected chi connectivity index (χ0v) is 7.60. The number of aliphatic imine (C=N–C) groups is 1. The van der Waals surface area contributed by atoms with Crippen LogP contribution in [0, 0.1) is 5.92 Å². The molecular formula is C8H11NO2S. The Morgan fingerprint density at radius 2 is 2.50 bits per heavy atom. The van der Waals surface area contributed by atoms with E-state index in [1.165, 1.54) is 0 Å². The fraction of sp³-hybridized carbons (Fsp3) is 0.750. The lowest BCUT2D eigenvalue weighted by molar-refractivity contribution is -0.115. The smallest absolute Gasteiger partial charge is 0.256 e. The molecule has 1 amide bonds. The zero-order chi connectivity index (χ0) is 8.39. The SMILES string of the molecule is O=C1CSC(C2CCCOC2)=N1. The maximum absolute atomic E-state index is 10.8. The van der Waals surface area contributed by atoms with Crippen LogP contribution in [-0.4, -0.2) is 29.9 Å². The fourth-order valence-corrected chi connectivity index (χ4v) is 2.39. The molecule has 66 valence electrons. The number of thioether (sulfide) groups is 1. The van der Waals surface area contributed by atoms with Crippen molar-refractivity contribution in [2.45, 2.75) is 12.8 Å². The van der Waals surface area contributed by atoms with Crippen molar-refractivity contribution < 1.29 is 9.53 Å². The molecular weight excluding hydrogens is 174 g/mol. The fourth-order valence-electron chi connectivity index (χ4n) is 1.47. The number of rotatable bonds is 1. The minimum atomic E-state index is 0.0144. The lowest BCUT2D eigenvalue weighted by atomic mass is 10.0. The Balaban J connectivity index is 1.99. The van der Waals surface area contributed by atoms with Crippen LogP contribution in [0.1, 0.15) is 12.8 Å². The molecule has 0 aromatic carbocycles. The number of hydrogen-bond acceptors (Lipinski definition) is 3. The van der Waals surface area contributed by atoms with Crippen LogP contribution in [0.2, 0.25) is 0 Å². The molecule has 2 heterocycles. The minimum absolute atomic E-state index is 0.0144.